The lowest BCUT2D eigenvalue weighted by Crippen LogP contribution is -2.50. The summed E-state index contributed by atoms with van der Waals surface area (Å²) in [4.78, 5) is 27.4. The number of nitrogens with zero attached hydrogens (tertiary/aromatic N) is 3. The molecular formula is C18H25Cl2N3O5S. The van der Waals surface area contributed by atoms with Crippen molar-refractivity contribution in [2.24, 2.45) is 0 Å². The van der Waals surface area contributed by atoms with E-state index in [2.05, 4.69) is 0 Å². The molecule has 0 bridgehead atoms. The lowest BCUT2D eigenvalue weighted by molar-refractivity contribution is -0.132. The summed E-state index contributed by atoms with van der Waals surface area (Å²) in [7, 11) is -3.60. The van der Waals surface area contributed by atoms with Crippen LogP contribution in [0.15, 0.2) is 18.2 Å². The van der Waals surface area contributed by atoms with Gasteiger partial charge in [-0.3, -0.25) is 9.10 Å². The Balaban J connectivity index is 1.91. The average Bonchev–Trinajstić information content (AvgIpc) is 2.66. The quantitative estimate of drug-likeness (QED) is 0.617. The number of hydrogen-bond donors (Lipinski definition) is 0. The fourth-order valence-electron chi connectivity index (χ4n) is 3.03. The van der Waals surface area contributed by atoms with Crippen molar-refractivity contribution in [3.05, 3.63) is 28.2 Å². The number of halogens is 2. The predicted molar refractivity (Wildman–Crippen MR) is 113 cm³/mol. The van der Waals surface area contributed by atoms with Gasteiger partial charge in [0.1, 0.15) is 0 Å². The largest absolute Gasteiger partial charge is 0.450 e. The number of piperazine rings is 1. The van der Waals surface area contributed by atoms with Crippen LogP contribution in [0.3, 0.4) is 0 Å². The van der Waals surface area contributed by atoms with Crippen molar-refractivity contribution in [2.75, 3.05) is 49.9 Å². The molecule has 0 saturated carbocycles. The summed E-state index contributed by atoms with van der Waals surface area (Å²) in [6.45, 7) is 3.84. The zero-order valence-corrected chi connectivity index (χ0v) is 18.8. The minimum absolute atomic E-state index is 0.0841. The van der Waals surface area contributed by atoms with E-state index in [-0.39, 0.29) is 35.7 Å². The Hall–Kier alpha value is -1.71. The van der Waals surface area contributed by atoms with E-state index in [0.717, 1.165) is 10.6 Å². The van der Waals surface area contributed by atoms with Crippen LogP contribution in [0.4, 0.5) is 10.5 Å². The van der Waals surface area contributed by atoms with Crippen molar-refractivity contribution < 1.29 is 22.7 Å². The van der Waals surface area contributed by atoms with E-state index in [1.807, 2.05) is 0 Å². The van der Waals surface area contributed by atoms with E-state index in [4.69, 9.17) is 27.9 Å². The van der Waals surface area contributed by atoms with Crippen LogP contribution in [-0.4, -0.2) is 75.8 Å². The molecule has 1 aromatic rings. The van der Waals surface area contributed by atoms with Crippen LogP contribution in [-0.2, 0) is 19.6 Å². The minimum atomic E-state index is -3.60. The molecule has 0 atom stereocenters. The van der Waals surface area contributed by atoms with E-state index in [0.29, 0.717) is 44.2 Å². The van der Waals surface area contributed by atoms with Crippen LogP contribution in [0.1, 0.15) is 19.8 Å². The Labute approximate surface area is 181 Å². The number of carbonyl (C=O) groups excluding carboxylic acids is 2. The molecule has 1 fully saturated rings. The number of rotatable bonds is 7. The Morgan fingerprint density at radius 1 is 1.14 bits per heavy atom. The third-order valence-corrected chi connectivity index (χ3v) is 6.22. The van der Waals surface area contributed by atoms with E-state index in [1.54, 1.807) is 22.8 Å². The summed E-state index contributed by atoms with van der Waals surface area (Å²) in [6, 6.07) is 4.60. The molecule has 1 aliphatic heterocycles. The van der Waals surface area contributed by atoms with Gasteiger partial charge in [0.05, 0.1) is 23.6 Å². The maximum absolute atomic E-state index is 12.5. The topological polar surface area (TPSA) is 87.2 Å². The Morgan fingerprint density at radius 3 is 2.34 bits per heavy atom. The molecule has 0 spiro atoms. The molecular weight excluding hydrogens is 441 g/mol. The first-order valence-electron chi connectivity index (χ1n) is 9.25. The standard InChI is InChI=1S/C18H25Cl2N3O5S/c1-3-28-18(25)22-11-9-21(10-12-22)17(24)5-4-8-23(29(2,26)27)16-13-14(19)6-7-15(16)20/h6-7,13H,3-5,8-12H2,1-2H3. The molecule has 1 saturated heterocycles. The minimum Gasteiger partial charge on any atom is -0.450 e. The van der Waals surface area contributed by atoms with Gasteiger partial charge in [0.15, 0.2) is 0 Å². The fraction of sp³-hybridized carbons (Fsp3) is 0.556. The van der Waals surface area contributed by atoms with Gasteiger partial charge in [-0.25, -0.2) is 13.2 Å². The zero-order valence-electron chi connectivity index (χ0n) is 16.4. The molecule has 2 amide bonds. The van der Waals surface area contributed by atoms with Gasteiger partial charge in [0, 0.05) is 44.2 Å². The van der Waals surface area contributed by atoms with Crippen LogP contribution in [0.2, 0.25) is 10.0 Å². The molecule has 162 valence electrons. The van der Waals surface area contributed by atoms with Crippen molar-refractivity contribution in [3.63, 3.8) is 0 Å². The first kappa shape index (κ1) is 23.6. The Kier molecular flexibility index (Phi) is 8.42. The summed E-state index contributed by atoms with van der Waals surface area (Å²) in [5.41, 5.74) is 0.289. The van der Waals surface area contributed by atoms with Gasteiger partial charge in [-0.15, -0.1) is 0 Å². The van der Waals surface area contributed by atoms with Gasteiger partial charge >= 0.3 is 6.09 Å². The highest BCUT2D eigenvalue weighted by Gasteiger charge is 2.25. The lowest BCUT2D eigenvalue weighted by Gasteiger charge is -2.34. The molecule has 11 heteroatoms. The number of carbonyl (C=O) groups is 2. The van der Waals surface area contributed by atoms with Crippen molar-refractivity contribution in [3.8, 4) is 0 Å². The van der Waals surface area contributed by atoms with Gasteiger partial charge in [-0.05, 0) is 31.5 Å². The molecule has 1 aliphatic rings. The maximum Gasteiger partial charge on any atom is 0.409 e. The fourth-order valence-corrected chi connectivity index (χ4v) is 4.43. The smallest absolute Gasteiger partial charge is 0.409 e. The summed E-state index contributed by atoms with van der Waals surface area (Å²) in [5, 5.41) is 0.634. The third kappa shape index (κ3) is 6.65. The van der Waals surface area contributed by atoms with Gasteiger partial charge in [0.2, 0.25) is 15.9 Å². The van der Waals surface area contributed by atoms with Crippen molar-refractivity contribution >= 4 is 50.9 Å². The number of hydrogen-bond acceptors (Lipinski definition) is 5. The van der Waals surface area contributed by atoms with Crippen molar-refractivity contribution in [2.45, 2.75) is 19.8 Å². The second-order valence-corrected chi connectivity index (χ2v) is 9.35. The Bertz CT molecular complexity index is 842. The number of anilines is 1. The molecule has 0 unspecified atom stereocenters. The summed E-state index contributed by atoms with van der Waals surface area (Å²) in [5.74, 6) is -0.0841. The highest BCUT2D eigenvalue weighted by Crippen LogP contribution is 2.30. The third-order valence-electron chi connectivity index (χ3n) is 4.49. The van der Waals surface area contributed by atoms with Gasteiger partial charge < -0.3 is 14.5 Å². The van der Waals surface area contributed by atoms with Crippen LogP contribution in [0.5, 0.6) is 0 Å². The first-order chi connectivity index (χ1) is 13.6. The molecule has 0 N–H and O–H groups in total. The molecule has 0 aliphatic carbocycles. The van der Waals surface area contributed by atoms with Gasteiger partial charge in [-0.2, -0.15) is 0 Å². The first-order valence-corrected chi connectivity index (χ1v) is 11.9. The summed E-state index contributed by atoms with van der Waals surface area (Å²) >= 11 is 12.1. The summed E-state index contributed by atoms with van der Waals surface area (Å²) < 4.78 is 30.5. The van der Waals surface area contributed by atoms with Crippen molar-refractivity contribution in [1.82, 2.24) is 9.80 Å². The number of benzene rings is 1. The van der Waals surface area contributed by atoms with Crippen molar-refractivity contribution in [1.29, 1.82) is 0 Å². The normalized spacial score (nSPS) is 14.6. The molecule has 1 aromatic carbocycles. The summed E-state index contributed by atoms with van der Waals surface area (Å²) in [6.07, 6.45) is 1.22. The number of amides is 2. The Morgan fingerprint density at radius 2 is 1.76 bits per heavy atom. The highest BCUT2D eigenvalue weighted by atomic mass is 35.5. The van der Waals surface area contributed by atoms with Crippen LogP contribution >= 0.6 is 23.2 Å². The van der Waals surface area contributed by atoms with Gasteiger partial charge in [0.25, 0.3) is 0 Å². The van der Waals surface area contributed by atoms with E-state index in [1.165, 1.54) is 12.1 Å². The lowest BCUT2D eigenvalue weighted by atomic mass is 10.2. The monoisotopic (exact) mass is 465 g/mol. The second kappa shape index (κ2) is 10.4. The molecule has 1 heterocycles. The highest BCUT2D eigenvalue weighted by molar-refractivity contribution is 7.92. The predicted octanol–water partition coefficient (Wildman–Crippen LogP) is 2.84. The maximum atomic E-state index is 12.5. The van der Waals surface area contributed by atoms with Crippen LogP contribution < -0.4 is 4.31 Å². The van der Waals surface area contributed by atoms with E-state index < -0.39 is 10.0 Å². The number of ether oxygens (including phenoxy) is 1. The second-order valence-electron chi connectivity index (χ2n) is 6.60. The molecule has 8 nitrogen and oxygen atoms in total. The zero-order chi connectivity index (χ0) is 21.6. The molecule has 0 radical (unpaired) electrons. The van der Waals surface area contributed by atoms with Crippen LogP contribution in [0, 0.1) is 0 Å². The van der Waals surface area contributed by atoms with Gasteiger partial charge in [-0.1, -0.05) is 23.2 Å². The molecule has 0 aromatic heterocycles. The van der Waals surface area contributed by atoms with Crippen LogP contribution in [0.25, 0.3) is 0 Å². The average molecular weight is 466 g/mol. The van der Waals surface area contributed by atoms with E-state index in [9.17, 15) is 18.0 Å². The van der Waals surface area contributed by atoms with E-state index >= 15 is 0 Å². The SMILES string of the molecule is CCOC(=O)N1CCN(C(=O)CCCN(c2cc(Cl)ccc2Cl)S(C)(=O)=O)CC1. The molecule has 2 rings (SSSR count). The molecule has 29 heavy (non-hydrogen) atoms. The number of sulfonamides is 1.